The van der Waals surface area contributed by atoms with E-state index in [0.717, 1.165) is 11.8 Å². The first kappa shape index (κ1) is 19.7. The third-order valence-electron chi connectivity index (χ3n) is 4.43. The van der Waals surface area contributed by atoms with Crippen LogP contribution in [0.4, 0.5) is 5.82 Å². The van der Waals surface area contributed by atoms with Gasteiger partial charge in [-0.1, -0.05) is 6.07 Å². The summed E-state index contributed by atoms with van der Waals surface area (Å²) >= 11 is 0. The molecule has 0 saturated carbocycles. The molecule has 1 amide bonds. The van der Waals surface area contributed by atoms with Crippen LogP contribution in [0.25, 0.3) is 11.0 Å². The maximum atomic E-state index is 12.7. The molecule has 0 spiro atoms. The van der Waals surface area contributed by atoms with E-state index >= 15 is 0 Å². The largest absolute Gasteiger partial charge is 0.464 e. The molecule has 7 nitrogen and oxygen atoms in total. The van der Waals surface area contributed by atoms with E-state index in [-0.39, 0.29) is 10.8 Å². The number of anilines is 1. The van der Waals surface area contributed by atoms with Crippen molar-refractivity contribution in [3.05, 3.63) is 78.2 Å². The summed E-state index contributed by atoms with van der Waals surface area (Å²) in [6.07, 6.45) is 4.32. The number of pyridine rings is 1. The Bertz CT molecular complexity index is 1320. The van der Waals surface area contributed by atoms with Crippen LogP contribution in [0.15, 0.2) is 76.4 Å². The lowest BCUT2D eigenvalue weighted by Gasteiger charge is -2.10. The number of aryl methyl sites for hydroxylation is 1. The standard InChI is InChI=1S/C22H18N2O5S/c1-14-3-8-21(23-13-14)24-22(25)15-11-19-18(9-10-28-19)20(12-15)29-16-4-6-17(7-5-16)30(2,26)27/h3-13H,1-2H3,(H,23,24,25). The van der Waals surface area contributed by atoms with Crippen LogP contribution in [-0.2, 0) is 9.84 Å². The molecule has 0 bridgehead atoms. The van der Waals surface area contributed by atoms with Crippen molar-refractivity contribution in [3.63, 3.8) is 0 Å². The van der Waals surface area contributed by atoms with Crippen molar-refractivity contribution in [2.45, 2.75) is 11.8 Å². The molecule has 4 rings (SSSR count). The summed E-state index contributed by atoms with van der Waals surface area (Å²) in [5.74, 6) is 0.920. The molecule has 0 radical (unpaired) electrons. The van der Waals surface area contributed by atoms with Gasteiger partial charge in [0.2, 0.25) is 0 Å². The van der Waals surface area contributed by atoms with Crippen LogP contribution < -0.4 is 10.1 Å². The number of nitrogens with one attached hydrogen (secondary N) is 1. The molecule has 8 heteroatoms. The Morgan fingerprint density at radius 3 is 2.50 bits per heavy atom. The van der Waals surface area contributed by atoms with Crippen LogP contribution in [-0.4, -0.2) is 25.6 Å². The van der Waals surface area contributed by atoms with Gasteiger partial charge in [0.05, 0.1) is 16.5 Å². The van der Waals surface area contributed by atoms with Gasteiger partial charge < -0.3 is 14.5 Å². The van der Waals surface area contributed by atoms with Crippen molar-refractivity contribution in [1.29, 1.82) is 0 Å². The highest BCUT2D eigenvalue weighted by atomic mass is 32.2. The second-order valence-corrected chi connectivity index (χ2v) is 8.84. The minimum atomic E-state index is -3.30. The lowest BCUT2D eigenvalue weighted by molar-refractivity contribution is 0.102. The molecule has 0 atom stereocenters. The highest BCUT2D eigenvalue weighted by Crippen LogP contribution is 2.33. The SMILES string of the molecule is Cc1ccc(NC(=O)c2cc(Oc3ccc(S(C)(=O)=O)cc3)c3ccoc3c2)nc1. The normalized spacial score (nSPS) is 11.4. The summed E-state index contributed by atoms with van der Waals surface area (Å²) < 4.78 is 34.6. The molecule has 152 valence electrons. The number of carbonyl (C=O) groups is 1. The Hall–Kier alpha value is -3.65. The predicted molar refractivity (Wildman–Crippen MR) is 113 cm³/mol. The van der Waals surface area contributed by atoms with Crippen molar-refractivity contribution < 1.29 is 22.4 Å². The van der Waals surface area contributed by atoms with E-state index < -0.39 is 9.84 Å². The lowest BCUT2D eigenvalue weighted by Crippen LogP contribution is -2.13. The number of furan rings is 1. The number of fused-ring (bicyclic) bond motifs is 1. The van der Waals surface area contributed by atoms with Gasteiger partial charge in [0.25, 0.3) is 5.91 Å². The number of carbonyl (C=O) groups excluding carboxylic acids is 1. The maximum Gasteiger partial charge on any atom is 0.257 e. The molecule has 2 heterocycles. The first-order valence-electron chi connectivity index (χ1n) is 9.03. The summed E-state index contributed by atoms with van der Waals surface area (Å²) in [7, 11) is -3.30. The molecule has 2 aromatic carbocycles. The average Bonchev–Trinajstić information content (AvgIpc) is 3.18. The minimum Gasteiger partial charge on any atom is -0.464 e. The molecule has 2 aromatic heterocycles. The Morgan fingerprint density at radius 2 is 1.83 bits per heavy atom. The topological polar surface area (TPSA) is 98.5 Å². The Morgan fingerprint density at radius 1 is 1.07 bits per heavy atom. The fourth-order valence-electron chi connectivity index (χ4n) is 2.87. The van der Waals surface area contributed by atoms with Gasteiger partial charge in [0.15, 0.2) is 9.84 Å². The molecular formula is C22H18N2O5S. The number of ether oxygens (including phenoxy) is 1. The third kappa shape index (κ3) is 4.18. The third-order valence-corrected chi connectivity index (χ3v) is 5.56. The van der Waals surface area contributed by atoms with Crippen LogP contribution in [0.2, 0.25) is 0 Å². The highest BCUT2D eigenvalue weighted by Gasteiger charge is 2.15. The first-order valence-corrected chi connectivity index (χ1v) is 10.9. The van der Waals surface area contributed by atoms with Crippen molar-refractivity contribution >= 4 is 32.5 Å². The number of benzene rings is 2. The van der Waals surface area contributed by atoms with Gasteiger partial charge in [-0.2, -0.15) is 0 Å². The maximum absolute atomic E-state index is 12.7. The second-order valence-electron chi connectivity index (χ2n) is 6.83. The van der Waals surface area contributed by atoms with E-state index in [2.05, 4.69) is 10.3 Å². The summed E-state index contributed by atoms with van der Waals surface area (Å²) in [4.78, 5) is 17.1. The van der Waals surface area contributed by atoms with E-state index in [4.69, 9.17) is 9.15 Å². The van der Waals surface area contributed by atoms with Gasteiger partial charge in [0, 0.05) is 18.0 Å². The summed E-state index contributed by atoms with van der Waals surface area (Å²) in [6.45, 7) is 1.91. The molecule has 1 N–H and O–H groups in total. The first-order chi connectivity index (χ1) is 14.3. The van der Waals surface area contributed by atoms with E-state index in [1.54, 1.807) is 42.6 Å². The average molecular weight is 422 g/mol. The zero-order valence-corrected chi connectivity index (χ0v) is 17.1. The van der Waals surface area contributed by atoms with E-state index in [1.165, 1.54) is 18.4 Å². The number of sulfone groups is 1. The molecule has 4 aromatic rings. The van der Waals surface area contributed by atoms with Gasteiger partial charge in [0.1, 0.15) is 22.9 Å². The zero-order valence-electron chi connectivity index (χ0n) is 16.2. The molecular weight excluding hydrogens is 404 g/mol. The smallest absolute Gasteiger partial charge is 0.257 e. The molecule has 30 heavy (non-hydrogen) atoms. The lowest BCUT2D eigenvalue weighted by atomic mass is 10.1. The fourth-order valence-corrected chi connectivity index (χ4v) is 3.50. The second kappa shape index (κ2) is 7.64. The minimum absolute atomic E-state index is 0.196. The van der Waals surface area contributed by atoms with Crippen LogP contribution in [0.1, 0.15) is 15.9 Å². The van der Waals surface area contributed by atoms with Gasteiger partial charge in [-0.15, -0.1) is 0 Å². The van der Waals surface area contributed by atoms with Gasteiger partial charge in [-0.05, 0) is 61.0 Å². The molecule has 0 aliphatic heterocycles. The number of amides is 1. The number of rotatable bonds is 5. The van der Waals surface area contributed by atoms with Crippen molar-refractivity contribution in [2.75, 3.05) is 11.6 Å². The number of aromatic nitrogens is 1. The molecule has 0 aliphatic carbocycles. The van der Waals surface area contributed by atoms with Crippen LogP contribution >= 0.6 is 0 Å². The fraction of sp³-hybridized carbons (Fsp3) is 0.0909. The van der Waals surface area contributed by atoms with E-state index in [1.807, 2.05) is 13.0 Å². The molecule has 0 fully saturated rings. The van der Waals surface area contributed by atoms with E-state index in [9.17, 15) is 13.2 Å². The summed E-state index contributed by atoms with van der Waals surface area (Å²) in [6, 6.07) is 14.6. The predicted octanol–water partition coefficient (Wildman–Crippen LogP) is 4.58. The number of hydrogen-bond donors (Lipinski definition) is 1. The number of hydrogen-bond acceptors (Lipinski definition) is 6. The Labute approximate surface area is 173 Å². The van der Waals surface area contributed by atoms with Crippen molar-refractivity contribution in [3.8, 4) is 11.5 Å². The molecule has 0 aliphatic rings. The monoisotopic (exact) mass is 422 g/mol. The molecule has 0 unspecified atom stereocenters. The van der Waals surface area contributed by atoms with Gasteiger partial charge in [-0.25, -0.2) is 13.4 Å². The van der Waals surface area contributed by atoms with E-state index in [0.29, 0.717) is 33.8 Å². The van der Waals surface area contributed by atoms with Crippen LogP contribution in [0.5, 0.6) is 11.5 Å². The van der Waals surface area contributed by atoms with Gasteiger partial charge >= 0.3 is 0 Å². The van der Waals surface area contributed by atoms with Crippen molar-refractivity contribution in [1.82, 2.24) is 4.98 Å². The van der Waals surface area contributed by atoms with Crippen LogP contribution in [0.3, 0.4) is 0 Å². The molecule has 0 saturated heterocycles. The zero-order chi connectivity index (χ0) is 21.3. The van der Waals surface area contributed by atoms with Crippen LogP contribution in [0, 0.1) is 6.92 Å². The Balaban J connectivity index is 1.64. The highest BCUT2D eigenvalue weighted by molar-refractivity contribution is 7.90. The number of nitrogens with zero attached hydrogens (tertiary/aromatic N) is 1. The van der Waals surface area contributed by atoms with Gasteiger partial charge in [-0.3, -0.25) is 4.79 Å². The summed E-state index contributed by atoms with van der Waals surface area (Å²) in [5, 5.41) is 3.43. The Kier molecular flexibility index (Phi) is 5.01. The quantitative estimate of drug-likeness (QED) is 0.505. The summed E-state index contributed by atoms with van der Waals surface area (Å²) in [5.41, 5.74) is 1.81. The van der Waals surface area contributed by atoms with Crippen molar-refractivity contribution in [2.24, 2.45) is 0 Å².